The number of carbonyl (C=O) groups excluding carboxylic acids is 1. The fourth-order valence-electron chi connectivity index (χ4n) is 3.72. The largest absolute Gasteiger partial charge is 0.358 e. The molecular formula is C21H21BrN2O. The van der Waals surface area contributed by atoms with Gasteiger partial charge in [-0.1, -0.05) is 39.7 Å². The third kappa shape index (κ3) is 3.49. The molecule has 128 valence electrons. The van der Waals surface area contributed by atoms with Gasteiger partial charge in [-0.2, -0.15) is 0 Å². The number of nitrogens with one attached hydrogen (secondary N) is 2. The molecule has 2 N–H and O–H groups in total. The maximum atomic E-state index is 12.4. The molecule has 1 atom stereocenters. The molecule has 3 nitrogen and oxygen atoms in total. The van der Waals surface area contributed by atoms with Crippen molar-refractivity contribution >= 4 is 32.7 Å². The van der Waals surface area contributed by atoms with Gasteiger partial charge in [0.2, 0.25) is 5.91 Å². The van der Waals surface area contributed by atoms with Crippen molar-refractivity contribution < 1.29 is 4.79 Å². The van der Waals surface area contributed by atoms with Crippen LogP contribution in [0.1, 0.15) is 28.8 Å². The van der Waals surface area contributed by atoms with Crippen LogP contribution in [-0.2, 0) is 24.1 Å². The first-order valence-electron chi connectivity index (χ1n) is 8.72. The fourth-order valence-corrected chi connectivity index (χ4v) is 3.98. The monoisotopic (exact) mass is 396 g/mol. The van der Waals surface area contributed by atoms with Crippen molar-refractivity contribution in [2.24, 2.45) is 0 Å². The molecule has 1 aromatic heterocycles. The Morgan fingerprint density at radius 3 is 2.84 bits per heavy atom. The number of halogens is 1. The Kier molecular flexibility index (Phi) is 4.38. The lowest BCUT2D eigenvalue weighted by atomic mass is 9.91. The minimum atomic E-state index is 0.104. The van der Waals surface area contributed by atoms with Crippen LogP contribution >= 0.6 is 15.9 Å². The van der Waals surface area contributed by atoms with Gasteiger partial charge in [0.15, 0.2) is 0 Å². The van der Waals surface area contributed by atoms with Gasteiger partial charge in [-0.15, -0.1) is 0 Å². The molecule has 4 heteroatoms. The Morgan fingerprint density at radius 1 is 1.24 bits per heavy atom. The van der Waals surface area contributed by atoms with E-state index in [2.05, 4.69) is 51.4 Å². The first-order valence-corrected chi connectivity index (χ1v) is 9.51. The smallest absolute Gasteiger partial charge is 0.224 e. The van der Waals surface area contributed by atoms with Crippen molar-refractivity contribution in [1.82, 2.24) is 10.3 Å². The summed E-state index contributed by atoms with van der Waals surface area (Å²) in [4.78, 5) is 15.9. The molecule has 0 spiro atoms. The highest BCUT2D eigenvalue weighted by molar-refractivity contribution is 9.10. The van der Waals surface area contributed by atoms with Gasteiger partial charge in [0.05, 0.1) is 6.42 Å². The van der Waals surface area contributed by atoms with Gasteiger partial charge >= 0.3 is 0 Å². The number of aromatic nitrogens is 1. The van der Waals surface area contributed by atoms with Crippen LogP contribution in [0.4, 0.5) is 0 Å². The second-order valence-corrected chi connectivity index (χ2v) is 7.86. The molecule has 1 aliphatic rings. The van der Waals surface area contributed by atoms with E-state index in [-0.39, 0.29) is 11.9 Å². The Hall–Kier alpha value is -2.07. The molecule has 0 saturated heterocycles. The van der Waals surface area contributed by atoms with Crippen molar-refractivity contribution in [2.75, 3.05) is 0 Å². The molecule has 0 aliphatic heterocycles. The third-order valence-corrected chi connectivity index (χ3v) is 5.52. The molecule has 0 bridgehead atoms. The first kappa shape index (κ1) is 16.4. The second-order valence-electron chi connectivity index (χ2n) is 6.94. The number of hydrogen-bond donors (Lipinski definition) is 2. The lowest BCUT2D eigenvalue weighted by molar-refractivity contribution is -0.121. The van der Waals surface area contributed by atoms with E-state index in [9.17, 15) is 4.79 Å². The zero-order chi connectivity index (χ0) is 17.4. The van der Waals surface area contributed by atoms with E-state index in [0.717, 1.165) is 29.3 Å². The van der Waals surface area contributed by atoms with Crippen molar-refractivity contribution in [2.45, 2.75) is 38.6 Å². The van der Waals surface area contributed by atoms with Gasteiger partial charge < -0.3 is 10.3 Å². The zero-order valence-corrected chi connectivity index (χ0v) is 15.8. The van der Waals surface area contributed by atoms with Crippen molar-refractivity contribution in [3.8, 4) is 0 Å². The lowest BCUT2D eigenvalue weighted by Gasteiger charge is -2.23. The molecule has 0 radical (unpaired) electrons. The summed E-state index contributed by atoms with van der Waals surface area (Å²) in [7, 11) is 0. The molecule has 0 fully saturated rings. The van der Waals surface area contributed by atoms with E-state index in [1.165, 1.54) is 27.7 Å². The molecule has 25 heavy (non-hydrogen) atoms. The van der Waals surface area contributed by atoms with Crippen LogP contribution < -0.4 is 5.32 Å². The van der Waals surface area contributed by atoms with E-state index in [1.54, 1.807) is 0 Å². The number of hydrogen-bond acceptors (Lipinski definition) is 1. The molecule has 0 saturated carbocycles. The standard InChI is InChI=1S/C21H21BrN2O/c1-13-2-8-19-17(10-13)18-12-16(7-9-20(18)24-19)23-21(25)11-14-3-5-15(22)6-4-14/h2-6,8,10,16,24H,7,9,11-12H2,1H3,(H,23,25). The van der Waals surface area contributed by atoms with Gasteiger partial charge in [0.25, 0.3) is 0 Å². The average molecular weight is 397 g/mol. The van der Waals surface area contributed by atoms with Crippen LogP contribution in [-0.4, -0.2) is 16.9 Å². The predicted molar refractivity (Wildman–Crippen MR) is 105 cm³/mol. The number of rotatable bonds is 3. The van der Waals surface area contributed by atoms with Crippen molar-refractivity contribution in [1.29, 1.82) is 0 Å². The maximum Gasteiger partial charge on any atom is 0.224 e. The van der Waals surface area contributed by atoms with Gasteiger partial charge in [0.1, 0.15) is 0 Å². The Balaban J connectivity index is 1.46. The predicted octanol–water partition coefficient (Wildman–Crippen LogP) is 4.46. The van der Waals surface area contributed by atoms with Gasteiger partial charge in [-0.25, -0.2) is 0 Å². The number of H-pyrrole nitrogens is 1. The SMILES string of the molecule is Cc1ccc2[nH]c3c(c2c1)CC(NC(=O)Cc1ccc(Br)cc1)CC3. The summed E-state index contributed by atoms with van der Waals surface area (Å²) in [6, 6.07) is 14.7. The van der Waals surface area contributed by atoms with Crippen LogP contribution in [0.3, 0.4) is 0 Å². The molecule has 1 amide bonds. The number of carbonyl (C=O) groups is 1. The third-order valence-electron chi connectivity index (χ3n) is 4.99. The first-order chi connectivity index (χ1) is 12.1. The number of fused-ring (bicyclic) bond motifs is 3. The van der Waals surface area contributed by atoms with E-state index in [1.807, 2.05) is 24.3 Å². The Morgan fingerprint density at radius 2 is 2.04 bits per heavy atom. The molecule has 3 aromatic rings. The summed E-state index contributed by atoms with van der Waals surface area (Å²) >= 11 is 3.42. The number of aromatic amines is 1. The maximum absolute atomic E-state index is 12.4. The van der Waals surface area contributed by atoms with E-state index in [0.29, 0.717) is 6.42 Å². The van der Waals surface area contributed by atoms with Gasteiger partial charge in [-0.05, 0) is 61.6 Å². The number of benzene rings is 2. The molecule has 1 unspecified atom stereocenters. The highest BCUT2D eigenvalue weighted by atomic mass is 79.9. The van der Waals surface area contributed by atoms with Crippen LogP contribution in [0.5, 0.6) is 0 Å². The summed E-state index contributed by atoms with van der Waals surface area (Å²) in [5.74, 6) is 0.104. The number of amides is 1. The minimum absolute atomic E-state index is 0.104. The topological polar surface area (TPSA) is 44.9 Å². The van der Waals surface area contributed by atoms with Crippen LogP contribution in [0.25, 0.3) is 10.9 Å². The Bertz CT molecular complexity index is 927. The van der Waals surface area contributed by atoms with Gasteiger partial charge in [-0.3, -0.25) is 4.79 Å². The summed E-state index contributed by atoms with van der Waals surface area (Å²) in [6.07, 6.45) is 3.33. The molecule has 2 aromatic carbocycles. The van der Waals surface area contributed by atoms with Crippen LogP contribution in [0.2, 0.25) is 0 Å². The quantitative estimate of drug-likeness (QED) is 0.674. The average Bonchev–Trinajstić information content (AvgIpc) is 2.94. The lowest BCUT2D eigenvalue weighted by Crippen LogP contribution is -2.39. The van der Waals surface area contributed by atoms with E-state index < -0.39 is 0 Å². The zero-order valence-electron chi connectivity index (χ0n) is 14.2. The molecule has 4 rings (SSSR count). The summed E-state index contributed by atoms with van der Waals surface area (Å²) < 4.78 is 1.03. The molecule has 1 heterocycles. The van der Waals surface area contributed by atoms with Crippen LogP contribution in [0, 0.1) is 6.92 Å². The minimum Gasteiger partial charge on any atom is -0.358 e. The van der Waals surface area contributed by atoms with Gasteiger partial charge in [0, 0.05) is 27.1 Å². The normalized spacial score (nSPS) is 16.6. The van der Waals surface area contributed by atoms with E-state index >= 15 is 0 Å². The number of aryl methyl sites for hydroxylation is 2. The summed E-state index contributed by atoms with van der Waals surface area (Å²) in [6.45, 7) is 2.12. The highest BCUT2D eigenvalue weighted by Gasteiger charge is 2.23. The van der Waals surface area contributed by atoms with Crippen LogP contribution in [0.15, 0.2) is 46.9 Å². The molecule has 1 aliphatic carbocycles. The van der Waals surface area contributed by atoms with E-state index in [4.69, 9.17) is 0 Å². The molecular weight excluding hydrogens is 376 g/mol. The fraction of sp³-hybridized carbons (Fsp3) is 0.286. The van der Waals surface area contributed by atoms with Crippen molar-refractivity contribution in [3.63, 3.8) is 0 Å². The summed E-state index contributed by atoms with van der Waals surface area (Å²) in [5.41, 5.74) is 6.23. The Labute approximate surface area is 156 Å². The summed E-state index contributed by atoms with van der Waals surface area (Å²) in [5, 5.41) is 4.53. The highest BCUT2D eigenvalue weighted by Crippen LogP contribution is 2.30. The van der Waals surface area contributed by atoms with Crippen molar-refractivity contribution in [3.05, 3.63) is 69.3 Å². The second kappa shape index (κ2) is 6.68.